The first-order valence-electron chi connectivity index (χ1n) is 2.95. The third-order valence-electron chi connectivity index (χ3n) is 1.64. The molecule has 58 valence electrons. The molecule has 2 unspecified atom stereocenters. The van der Waals surface area contributed by atoms with Crippen LogP contribution in [0.2, 0.25) is 0 Å². The standard InChI is InChI=1S/C5H8F2N2O/c6-4(7)2-1-3(2)5(10)9-8/h2-4H,1,8H2,(H,9,10). The molecule has 3 N–H and O–H groups in total. The van der Waals surface area contributed by atoms with Crippen LogP contribution in [0.1, 0.15) is 6.42 Å². The Morgan fingerprint density at radius 3 is 2.60 bits per heavy atom. The van der Waals surface area contributed by atoms with E-state index >= 15 is 0 Å². The van der Waals surface area contributed by atoms with E-state index in [1.165, 1.54) is 0 Å². The van der Waals surface area contributed by atoms with E-state index in [-0.39, 0.29) is 6.42 Å². The minimum absolute atomic E-state index is 0.265. The summed E-state index contributed by atoms with van der Waals surface area (Å²) in [6.07, 6.45) is -2.12. The van der Waals surface area contributed by atoms with Gasteiger partial charge < -0.3 is 0 Å². The van der Waals surface area contributed by atoms with Crippen LogP contribution in [0.4, 0.5) is 8.78 Å². The Balaban J connectivity index is 2.31. The predicted molar refractivity (Wildman–Crippen MR) is 29.9 cm³/mol. The number of hydrogen-bond acceptors (Lipinski definition) is 2. The fourth-order valence-electron chi connectivity index (χ4n) is 0.902. The Hall–Kier alpha value is -0.710. The van der Waals surface area contributed by atoms with Gasteiger partial charge in [-0.05, 0) is 6.42 Å². The van der Waals surface area contributed by atoms with Gasteiger partial charge in [0.05, 0.1) is 0 Å². The Kier molecular flexibility index (Phi) is 1.85. The van der Waals surface area contributed by atoms with Crippen LogP contribution in [-0.4, -0.2) is 12.3 Å². The highest BCUT2D eigenvalue weighted by atomic mass is 19.3. The molecule has 0 aromatic heterocycles. The van der Waals surface area contributed by atoms with Crippen molar-refractivity contribution in [2.75, 3.05) is 0 Å². The average Bonchev–Trinajstić information content (AvgIpc) is 2.64. The van der Waals surface area contributed by atoms with Crippen LogP contribution in [0.5, 0.6) is 0 Å². The second-order valence-electron chi connectivity index (χ2n) is 2.35. The highest BCUT2D eigenvalue weighted by molar-refractivity contribution is 5.80. The van der Waals surface area contributed by atoms with Gasteiger partial charge in [-0.15, -0.1) is 0 Å². The smallest absolute Gasteiger partial charge is 0.242 e. The summed E-state index contributed by atoms with van der Waals surface area (Å²) in [5.41, 5.74) is 1.84. The van der Waals surface area contributed by atoms with Gasteiger partial charge in [0.2, 0.25) is 12.3 Å². The van der Waals surface area contributed by atoms with Crippen molar-refractivity contribution in [3.63, 3.8) is 0 Å². The number of hydrogen-bond donors (Lipinski definition) is 2. The molecular weight excluding hydrogens is 142 g/mol. The zero-order chi connectivity index (χ0) is 7.72. The van der Waals surface area contributed by atoms with E-state index in [0.29, 0.717) is 0 Å². The molecule has 0 saturated heterocycles. The fraction of sp³-hybridized carbons (Fsp3) is 0.800. The molecule has 0 radical (unpaired) electrons. The monoisotopic (exact) mass is 150 g/mol. The topological polar surface area (TPSA) is 55.1 Å². The number of alkyl halides is 2. The Bertz CT molecular complexity index is 151. The van der Waals surface area contributed by atoms with Crippen molar-refractivity contribution < 1.29 is 13.6 Å². The van der Waals surface area contributed by atoms with Crippen LogP contribution in [0, 0.1) is 11.8 Å². The molecule has 1 saturated carbocycles. The summed E-state index contributed by atoms with van der Waals surface area (Å²) in [6.45, 7) is 0. The Morgan fingerprint density at radius 1 is 1.70 bits per heavy atom. The number of nitrogens with two attached hydrogens (primary N) is 1. The Labute approximate surface area is 56.5 Å². The average molecular weight is 150 g/mol. The number of halogens is 2. The normalized spacial score (nSPS) is 30.4. The molecule has 5 heteroatoms. The molecule has 2 atom stereocenters. The van der Waals surface area contributed by atoms with E-state index in [9.17, 15) is 13.6 Å². The van der Waals surface area contributed by atoms with Gasteiger partial charge in [0, 0.05) is 11.8 Å². The minimum atomic E-state index is -2.39. The largest absolute Gasteiger partial charge is 0.294 e. The molecule has 0 heterocycles. The van der Waals surface area contributed by atoms with Crippen molar-refractivity contribution >= 4 is 5.91 Å². The highest BCUT2D eigenvalue weighted by Gasteiger charge is 2.48. The summed E-state index contributed by atoms with van der Waals surface area (Å²) in [5, 5.41) is 0. The molecule has 0 aromatic rings. The third kappa shape index (κ3) is 1.23. The highest BCUT2D eigenvalue weighted by Crippen LogP contribution is 2.42. The zero-order valence-corrected chi connectivity index (χ0v) is 5.18. The number of nitrogens with one attached hydrogen (secondary N) is 1. The molecule has 10 heavy (non-hydrogen) atoms. The van der Waals surface area contributed by atoms with E-state index in [0.717, 1.165) is 0 Å². The van der Waals surface area contributed by atoms with E-state index < -0.39 is 24.2 Å². The van der Waals surface area contributed by atoms with Crippen LogP contribution in [-0.2, 0) is 4.79 Å². The van der Waals surface area contributed by atoms with Gasteiger partial charge in [0.25, 0.3) is 0 Å². The maximum Gasteiger partial charge on any atom is 0.242 e. The molecule has 1 amide bonds. The lowest BCUT2D eigenvalue weighted by Crippen LogP contribution is -2.32. The van der Waals surface area contributed by atoms with Crippen LogP contribution in [0.3, 0.4) is 0 Å². The van der Waals surface area contributed by atoms with Gasteiger partial charge in [-0.25, -0.2) is 14.6 Å². The fourth-order valence-corrected chi connectivity index (χ4v) is 0.902. The number of carbonyl (C=O) groups excluding carboxylic acids is 1. The first-order chi connectivity index (χ1) is 4.66. The first kappa shape index (κ1) is 7.40. The van der Waals surface area contributed by atoms with Crippen molar-refractivity contribution in [3.8, 4) is 0 Å². The quantitative estimate of drug-likeness (QED) is 0.327. The molecule has 0 spiro atoms. The lowest BCUT2D eigenvalue weighted by atomic mass is 10.3. The van der Waals surface area contributed by atoms with E-state index in [1.807, 2.05) is 5.43 Å². The van der Waals surface area contributed by atoms with E-state index in [1.54, 1.807) is 0 Å². The number of carbonyl (C=O) groups is 1. The van der Waals surface area contributed by atoms with Crippen LogP contribution >= 0.6 is 0 Å². The summed E-state index contributed by atoms with van der Waals surface area (Å²) in [6, 6.07) is 0. The molecular formula is C5H8F2N2O. The van der Waals surface area contributed by atoms with Gasteiger partial charge in [-0.3, -0.25) is 10.2 Å². The summed E-state index contributed by atoms with van der Waals surface area (Å²) in [4.78, 5) is 10.5. The molecule has 3 nitrogen and oxygen atoms in total. The molecule has 1 fully saturated rings. The second-order valence-corrected chi connectivity index (χ2v) is 2.35. The molecule has 0 aliphatic heterocycles. The maximum absolute atomic E-state index is 11.7. The molecule has 1 aliphatic carbocycles. The van der Waals surface area contributed by atoms with Gasteiger partial charge in [-0.2, -0.15) is 0 Å². The van der Waals surface area contributed by atoms with Gasteiger partial charge in [0.1, 0.15) is 0 Å². The van der Waals surface area contributed by atoms with Crippen molar-refractivity contribution in [2.24, 2.45) is 17.7 Å². The van der Waals surface area contributed by atoms with Crippen molar-refractivity contribution in [2.45, 2.75) is 12.8 Å². The predicted octanol–water partition coefficient (Wildman–Crippen LogP) is -0.123. The molecule has 1 rings (SSSR count). The molecule has 0 aromatic carbocycles. The number of amides is 1. The van der Waals surface area contributed by atoms with Crippen LogP contribution in [0.25, 0.3) is 0 Å². The van der Waals surface area contributed by atoms with Gasteiger partial charge in [-0.1, -0.05) is 0 Å². The third-order valence-corrected chi connectivity index (χ3v) is 1.64. The molecule has 1 aliphatic rings. The van der Waals surface area contributed by atoms with E-state index in [4.69, 9.17) is 5.84 Å². The first-order valence-corrected chi connectivity index (χ1v) is 2.95. The van der Waals surface area contributed by atoms with Gasteiger partial charge in [0.15, 0.2) is 0 Å². The SMILES string of the molecule is NNC(=O)C1CC1C(F)F. The maximum atomic E-state index is 11.7. The van der Waals surface area contributed by atoms with Crippen molar-refractivity contribution in [1.29, 1.82) is 0 Å². The van der Waals surface area contributed by atoms with Crippen molar-refractivity contribution in [3.05, 3.63) is 0 Å². The van der Waals surface area contributed by atoms with E-state index in [2.05, 4.69) is 0 Å². The second kappa shape index (κ2) is 2.49. The van der Waals surface area contributed by atoms with Crippen LogP contribution in [0.15, 0.2) is 0 Å². The minimum Gasteiger partial charge on any atom is -0.294 e. The number of rotatable bonds is 2. The summed E-state index contributed by atoms with van der Waals surface area (Å²) in [7, 11) is 0. The summed E-state index contributed by atoms with van der Waals surface area (Å²) in [5.74, 6) is 2.94. The van der Waals surface area contributed by atoms with Crippen molar-refractivity contribution in [1.82, 2.24) is 5.43 Å². The summed E-state index contributed by atoms with van der Waals surface area (Å²) >= 11 is 0. The summed E-state index contributed by atoms with van der Waals surface area (Å²) < 4.78 is 23.5. The lowest BCUT2D eigenvalue weighted by molar-refractivity contribution is -0.123. The zero-order valence-electron chi connectivity index (χ0n) is 5.18. The molecule has 0 bridgehead atoms. The Morgan fingerprint density at radius 2 is 2.30 bits per heavy atom. The van der Waals surface area contributed by atoms with Gasteiger partial charge >= 0.3 is 0 Å². The lowest BCUT2D eigenvalue weighted by Gasteiger charge is -1.95. The number of hydrazine groups is 1. The van der Waals surface area contributed by atoms with Crippen LogP contribution < -0.4 is 11.3 Å².